The van der Waals surface area contributed by atoms with E-state index in [-0.39, 0.29) is 11.4 Å². The molecule has 1 rings (SSSR count). The highest BCUT2D eigenvalue weighted by Crippen LogP contribution is 2.18. The van der Waals surface area contributed by atoms with Crippen LogP contribution in [0.5, 0.6) is 0 Å². The third-order valence-electron chi connectivity index (χ3n) is 2.13. The van der Waals surface area contributed by atoms with Crippen molar-refractivity contribution in [2.45, 2.75) is 31.0 Å². The zero-order chi connectivity index (χ0) is 11.3. The van der Waals surface area contributed by atoms with Crippen molar-refractivity contribution in [1.29, 1.82) is 0 Å². The predicted molar refractivity (Wildman–Crippen MR) is 64.0 cm³/mol. The van der Waals surface area contributed by atoms with E-state index in [1.807, 2.05) is 14.0 Å². The summed E-state index contributed by atoms with van der Waals surface area (Å²) in [6, 6.07) is 0. The molecule has 2 atom stereocenters. The quantitative estimate of drug-likeness (QED) is 0.798. The van der Waals surface area contributed by atoms with E-state index in [4.69, 9.17) is 0 Å². The predicted octanol–water partition coefficient (Wildman–Crippen LogP) is 1.52. The number of nitrogens with zero attached hydrogens (tertiary/aromatic N) is 2. The van der Waals surface area contributed by atoms with Gasteiger partial charge in [-0.2, -0.15) is 0 Å². The molecule has 1 aromatic heterocycles. The Morgan fingerprint density at radius 1 is 1.40 bits per heavy atom. The fraction of sp³-hybridized carbons (Fsp3) is 0.600. The molecule has 5 heteroatoms. The Morgan fingerprint density at radius 3 is 2.60 bits per heavy atom. The maximum Gasteiger partial charge on any atom is 0.144 e. The van der Waals surface area contributed by atoms with Gasteiger partial charge in [0, 0.05) is 18.1 Å². The normalized spacial score (nSPS) is 14.7. The molecule has 4 nitrogen and oxygen atoms in total. The van der Waals surface area contributed by atoms with Crippen LogP contribution in [-0.2, 0) is 5.75 Å². The van der Waals surface area contributed by atoms with Gasteiger partial charge in [-0.05, 0) is 6.92 Å². The molecule has 84 valence electrons. The number of aliphatic hydroxyl groups is 1. The third-order valence-corrected chi connectivity index (χ3v) is 3.52. The molecule has 2 N–H and O–H groups in total. The van der Waals surface area contributed by atoms with Crippen LogP contribution in [0.2, 0.25) is 0 Å². The summed E-state index contributed by atoms with van der Waals surface area (Å²) in [6.07, 6.45) is 3.18. The van der Waals surface area contributed by atoms with Crippen LogP contribution in [0, 0.1) is 0 Å². The second-order valence-corrected chi connectivity index (χ2v) is 4.77. The summed E-state index contributed by atoms with van der Waals surface area (Å²) in [6.45, 7) is 3.80. The number of anilines is 1. The lowest BCUT2D eigenvalue weighted by Gasteiger charge is -2.13. The Bertz CT molecular complexity index is 289. The number of hydrogen-bond donors (Lipinski definition) is 2. The van der Waals surface area contributed by atoms with Gasteiger partial charge in [-0.15, -0.1) is 11.8 Å². The standard InChI is InChI=1S/C10H17N3OS/c1-7(14)8(2)15-6-9-4-13-10(11-3)5-12-9/h4-5,7-8,14H,6H2,1-3H3,(H,11,13). The molecule has 15 heavy (non-hydrogen) atoms. The summed E-state index contributed by atoms with van der Waals surface area (Å²) in [5.41, 5.74) is 0.937. The molecule has 0 radical (unpaired) electrons. The average molecular weight is 227 g/mol. The lowest BCUT2D eigenvalue weighted by Crippen LogP contribution is -2.15. The maximum atomic E-state index is 9.31. The minimum atomic E-state index is -0.292. The molecule has 0 saturated heterocycles. The zero-order valence-electron chi connectivity index (χ0n) is 9.27. The molecule has 0 amide bonds. The van der Waals surface area contributed by atoms with E-state index in [1.54, 1.807) is 31.1 Å². The van der Waals surface area contributed by atoms with Gasteiger partial charge in [0.25, 0.3) is 0 Å². The van der Waals surface area contributed by atoms with Crippen LogP contribution in [0.4, 0.5) is 5.82 Å². The minimum absolute atomic E-state index is 0.218. The highest BCUT2D eigenvalue weighted by Gasteiger charge is 2.09. The number of nitrogens with one attached hydrogen (secondary N) is 1. The Hall–Kier alpha value is -0.810. The molecule has 2 unspecified atom stereocenters. The van der Waals surface area contributed by atoms with E-state index in [1.165, 1.54) is 0 Å². The average Bonchev–Trinajstić information content (AvgIpc) is 2.26. The van der Waals surface area contributed by atoms with Crippen LogP contribution in [0.25, 0.3) is 0 Å². The number of aliphatic hydroxyl groups excluding tert-OH is 1. The van der Waals surface area contributed by atoms with Crippen molar-refractivity contribution >= 4 is 17.6 Å². The van der Waals surface area contributed by atoms with Gasteiger partial charge in [0.05, 0.1) is 24.2 Å². The molecule has 0 aromatic carbocycles. The summed E-state index contributed by atoms with van der Waals surface area (Å²) < 4.78 is 0. The van der Waals surface area contributed by atoms with Gasteiger partial charge in [0.15, 0.2) is 0 Å². The molecular weight excluding hydrogens is 210 g/mol. The molecule has 1 heterocycles. The van der Waals surface area contributed by atoms with Crippen LogP contribution < -0.4 is 5.32 Å². The summed E-state index contributed by atoms with van der Waals surface area (Å²) in [5.74, 6) is 1.55. The van der Waals surface area contributed by atoms with Crippen molar-refractivity contribution in [1.82, 2.24) is 9.97 Å². The summed E-state index contributed by atoms with van der Waals surface area (Å²) in [5, 5.41) is 12.4. The lowest BCUT2D eigenvalue weighted by molar-refractivity contribution is 0.196. The van der Waals surface area contributed by atoms with Gasteiger partial charge < -0.3 is 10.4 Å². The van der Waals surface area contributed by atoms with Crippen molar-refractivity contribution in [3.05, 3.63) is 18.1 Å². The Kier molecular flexibility index (Phi) is 4.84. The first-order valence-corrected chi connectivity index (χ1v) is 5.96. The Balaban J connectivity index is 2.44. The van der Waals surface area contributed by atoms with E-state index >= 15 is 0 Å². The summed E-state index contributed by atoms with van der Waals surface area (Å²) >= 11 is 1.68. The van der Waals surface area contributed by atoms with Crippen molar-refractivity contribution in [2.75, 3.05) is 12.4 Å². The van der Waals surface area contributed by atoms with Gasteiger partial charge in [-0.1, -0.05) is 6.92 Å². The molecule has 0 aliphatic heterocycles. The fourth-order valence-corrected chi connectivity index (χ4v) is 1.78. The molecule has 0 spiro atoms. The van der Waals surface area contributed by atoms with Crippen molar-refractivity contribution in [3.8, 4) is 0 Å². The van der Waals surface area contributed by atoms with E-state index in [2.05, 4.69) is 15.3 Å². The molecule has 0 aliphatic rings. The smallest absolute Gasteiger partial charge is 0.144 e. The fourth-order valence-electron chi connectivity index (χ4n) is 0.914. The third kappa shape index (κ3) is 4.05. The van der Waals surface area contributed by atoms with E-state index in [0.717, 1.165) is 17.3 Å². The Morgan fingerprint density at radius 2 is 2.13 bits per heavy atom. The van der Waals surface area contributed by atoms with Crippen LogP contribution in [-0.4, -0.2) is 33.5 Å². The monoisotopic (exact) mass is 227 g/mol. The van der Waals surface area contributed by atoms with Crippen LogP contribution >= 0.6 is 11.8 Å². The maximum absolute atomic E-state index is 9.31. The van der Waals surface area contributed by atoms with E-state index in [0.29, 0.717) is 0 Å². The second-order valence-electron chi connectivity index (χ2n) is 3.40. The number of rotatable bonds is 5. The number of thioether (sulfide) groups is 1. The van der Waals surface area contributed by atoms with Crippen LogP contribution in [0.3, 0.4) is 0 Å². The van der Waals surface area contributed by atoms with Crippen LogP contribution in [0.1, 0.15) is 19.5 Å². The molecule has 1 aromatic rings. The van der Waals surface area contributed by atoms with Gasteiger partial charge >= 0.3 is 0 Å². The molecule has 0 aliphatic carbocycles. The zero-order valence-corrected chi connectivity index (χ0v) is 10.1. The van der Waals surface area contributed by atoms with E-state index in [9.17, 15) is 5.11 Å². The molecular formula is C10H17N3OS. The largest absolute Gasteiger partial charge is 0.392 e. The topological polar surface area (TPSA) is 58.0 Å². The van der Waals surface area contributed by atoms with Crippen molar-refractivity contribution in [2.24, 2.45) is 0 Å². The number of hydrogen-bond acceptors (Lipinski definition) is 5. The SMILES string of the molecule is CNc1cnc(CSC(C)C(C)O)cn1. The van der Waals surface area contributed by atoms with Gasteiger partial charge in [-0.3, -0.25) is 4.98 Å². The first-order valence-electron chi connectivity index (χ1n) is 4.92. The summed E-state index contributed by atoms with van der Waals surface area (Å²) in [4.78, 5) is 8.42. The highest BCUT2D eigenvalue weighted by molar-refractivity contribution is 7.99. The lowest BCUT2D eigenvalue weighted by atomic mass is 10.3. The second kappa shape index (κ2) is 5.92. The van der Waals surface area contributed by atoms with Crippen LogP contribution in [0.15, 0.2) is 12.4 Å². The Labute approximate surface area is 94.5 Å². The molecule has 0 bridgehead atoms. The van der Waals surface area contributed by atoms with Crippen molar-refractivity contribution in [3.63, 3.8) is 0 Å². The summed E-state index contributed by atoms with van der Waals surface area (Å²) in [7, 11) is 1.81. The molecule has 0 saturated carbocycles. The minimum Gasteiger partial charge on any atom is -0.392 e. The van der Waals surface area contributed by atoms with Gasteiger partial charge in [-0.25, -0.2) is 4.98 Å². The van der Waals surface area contributed by atoms with Gasteiger partial charge in [0.2, 0.25) is 0 Å². The van der Waals surface area contributed by atoms with Gasteiger partial charge in [0.1, 0.15) is 5.82 Å². The first kappa shape index (κ1) is 12.3. The number of aromatic nitrogens is 2. The molecule has 0 fully saturated rings. The van der Waals surface area contributed by atoms with Crippen molar-refractivity contribution < 1.29 is 5.11 Å². The first-order chi connectivity index (χ1) is 7.13. The highest BCUT2D eigenvalue weighted by atomic mass is 32.2. The van der Waals surface area contributed by atoms with E-state index < -0.39 is 0 Å².